The highest BCUT2D eigenvalue weighted by atomic mass is 31.2. The van der Waals surface area contributed by atoms with E-state index < -0.39 is 7.82 Å². The summed E-state index contributed by atoms with van der Waals surface area (Å²) in [6.45, 7) is 5.32. The highest BCUT2D eigenvalue weighted by Gasteiger charge is 2.45. The highest BCUT2D eigenvalue weighted by Crippen LogP contribution is 2.55. The van der Waals surface area contributed by atoms with Crippen molar-refractivity contribution in [2.75, 3.05) is 19.8 Å². The first kappa shape index (κ1) is 14.9. The Morgan fingerprint density at radius 2 is 1.95 bits per heavy atom. The third-order valence-electron chi connectivity index (χ3n) is 3.81. The Kier molecular flexibility index (Phi) is 4.77. The van der Waals surface area contributed by atoms with Crippen LogP contribution < -0.4 is 0 Å². The van der Waals surface area contributed by atoms with Gasteiger partial charge < -0.3 is 15.7 Å². The Balaban J connectivity index is 0.000000562. The van der Waals surface area contributed by atoms with Crippen LogP contribution in [-0.4, -0.2) is 45.8 Å². The second-order valence-electron chi connectivity index (χ2n) is 6.35. The number of epoxide rings is 1. The van der Waals surface area contributed by atoms with Gasteiger partial charge in [0.2, 0.25) is 2.86 Å². The van der Waals surface area contributed by atoms with Gasteiger partial charge in [-0.05, 0) is 25.2 Å². The zero-order valence-corrected chi connectivity index (χ0v) is 12.8. The van der Waals surface area contributed by atoms with Gasteiger partial charge in [-0.25, -0.2) is 4.57 Å². The summed E-state index contributed by atoms with van der Waals surface area (Å²) >= 11 is 0. The summed E-state index contributed by atoms with van der Waals surface area (Å²) in [6, 6.07) is 0. The van der Waals surface area contributed by atoms with Crippen LogP contribution in [-0.2, 0) is 22.9 Å². The molecule has 0 aromatic heterocycles. The van der Waals surface area contributed by atoms with Crippen LogP contribution in [0.3, 0.4) is 0 Å². The van der Waals surface area contributed by atoms with E-state index in [1.54, 1.807) is 0 Å². The van der Waals surface area contributed by atoms with Crippen molar-refractivity contribution in [3.8, 4) is 0 Å². The van der Waals surface area contributed by atoms with Crippen molar-refractivity contribution in [1.29, 1.82) is 2.86 Å². The smallest absolute Gasteiger partial charge is 0.412 e. The molecule has 2 saturated heterocycles. The van der Waals surface area contributed by atoms with Crippen LogP contribution in [0.15, 0.2) is 0 Å². The fourth-order valence-electron chi connectivity index (χ4n) is 2.50. The Hall–Kier alpha value is -0.0100. The minimum absolute atomic E-state index is 0. The first-order valence-corrected chi connectivity index (χ1v) is 8.11. The maximum atomic E-state index is 12.2. The lowest BCUT2D eigenvalue weighted by molar-refractivity contribution is -0.00371. The Labute approximate surface area is 122 Å². The van der Waals surface area contributed by atoms with E-state index in [2.05, 4.69) is 5.48 Å². The van der Waals surface area contributed by atoms with Gasteiger partial charge in [0.1, 0.15) is 0 Å². The molecular weight excluding hydrogens is 287 g/mol. The summed E-state index contributed by atoms with van der Waals surface area (Å²) in [5, 5.41) is 0. The van der Waals surface area contributed by atoms with Crippen molar-refractivity contribution in [2.24, 2.45) is 11.3 Å². The van der Waals surface area contributed by atoms with Crippen LogP contribution in [0.2, 0.25) is 0 Å². The molecule has 120 valence electrons. The van der Waals surface area contributed by atoms with Crippen LogP contribution in [0.1, 0.15) is 33.1 Å². The van der Waals surface area contributed by atoms with Crippen LogP contribution >= 0.6 is 7.82 Å². The van der Waals surface area contributed by atoms with Crippen LogP contribution in [0.4, 0.5) is 0 Å². The fraction of sp³-hybridized carbons (Fsp3) is 1.00. The number of rotatable bonds is 3. The number of phosphoric acid groups is 1. The first-order valence-electron chi connectivity index (χ1n) is 7.47. The zero-order chi connectivity index (χ0) is 15.5. The molecular formula is C12H25O7P. The quantitative estimate of drug-likeness (QED) is 0.570. The average molecular weight is 314 g/mol. The number of ether oxygens (including phenoxy) is 1. The molecule has 4 N–H and O–H groups in total. The third-order valence-corrected chi connectivity index (χ3v) is 5.16. The van der Waals surface area contributed by atoms with Crippen molar-refractivity contribution in [2.45, 2.75) is 45.3 Å². The molecule has 0 radical (unpaired) electrons. The SMILES string of the molecule is CC1(C)COP(=O)(OCC2CCC3OC3C2)OC1.O.[2H]O[2H]. The number of fused-ring (bicyclic) bond motifs is 1. The Bertz CT molecular complexity index is 382. The predicted octanol–water partition coefficient (Wildman–Crippen LogP) is 1.10. The van der Waals surface area contributed by atoms with E-state index in [1.165, 1.54) is 0 Å². The molecule has 0 spiro atoms. The van der Waals surface area contributed by atoms with Crippen LogP contribution in [0, 0.1) is 11.3 Å². The summed E-state index contributed by atoms with van der Waals surface area (Å²) in [4.78, 5) is 0. The first-order chi connectivity index (χ1) is 9.87. The maximum Gasteiger partial charge on any atom is 0.474 e. The third kappa shape index (κ3) is 4.24. The molecule has 1 aliphatic carbocycles. The fourth-order valence-corrected chi connectivity index (χ4v) is 4.13. The van der Waals surface area contributed by atoms with Gasteiger partial charge in [-0.3, -0.25) is 13.6 Å². The van der Waals surface area contributed by atoms with Crippen LogP contribution in [0.5, 0.6) is 0 Å². The van der Waals surface area contributed by atoms with Crippen molar-refractivity contribution in [1.82, 2.24) is 0 Å². The average Bonchev–Trinajstić information content (AvgIpc) is 3.20. The van der Waals surface area contributed by atoms with Crippen molar-refractivity contribution in [3.63, 3.8) is 0 Å². The minimum Gasteiger partial charge on any atom is -0.412 e. The topological polar surface area (TPSA) is 120 Å². The molecule has 0 amide bonds. The molecule has 2 aliphatic heterocycles. The van der Waals surface area contributed by atoms with Crippen molar-refractivity contribution in [3.05, 3.63) is 0 Å². The van der Waals surface area contributed by atoms with E-state index >= 15 is 0 Å². The molecule has 3 unspecified atom stereocenters. The summed E-state index contributed by atoms with van der Waals surface area (Å²) < 4.78 is 44.4. The van der Waals surface area contributed by atoms with E-state index in [1.807, 2.05) is 13.8 Å². The van der Waals surface area contributed by atoms with Crippen molar-refractivity contribution < 1.29 is 33.8 Å². The van der Waals surface area contributed by atoms with E-state index in [0.29, 0.717) is 37.9 Å². The lowest BCUT2D eigenvalue weighted by Crippen LogP contribution is -2.30. The van der Waals surface area contributed by atoms with Gasteiger partial charge in [-0.1, -0.05) is 13.8 Å². The standard InChI is InChI=1S/C12H21O5P.2H2O/c1-12(2)7-15-18(13,16-8-12)14-6-9-3-4-10-11(5-9)17-10;;/h9-11H,3-8H2,1-2H3;2*1H2/i/hD2. The molecule has 20 heavy (non-hydrogen) atoms. The predicted molar refractivity (Wildman–Crippen MR) is 72.5 cm³/mol. The van der Waals surface area contributed by atoms with E-state index in [4.69, 9.17) is 21.2 Å². The van der Waals surface area contributed by atoms with Gasteiger partial charge in [-0.15, -0.1) is 0 Å². The van der Waals surface area contributed by atoms with Gasteiger partial charge in [-0.2, -0.15) is 0 Å². The summed E-state index contributed by atoms with van der Waals surface area (Å²) in [7, 11) is -3.31. The van der Waals surface area contributed by atoms with Gasteiger partial charge >= 0.3 is 7.82 Å². The number of phosphoric ester groups is 1. The number of hydrogen-bond acceptors (Lipinski definition) is 5. The monoisotopic (exact) mass is 314 g/mol. The van der Waals surface area contributed by atoms with E-state index in [-0.39, 0.29) is 10.9 Å². The molecule has 0 bridgehead atoms. The largest absolute Gasteiger partial charge is 0.474 e. The summed E-state index contributed by atoms with van der Waals surface area (Å²) in [5.41, 5.74) is 2.66. The second-order valence-corrected chi connectivity index (χ2v) is 8.02. The van der Waals surface area contributed by atoms with Gasteiger partial charge in [0.25, 0.3) is 0 Å². The van der Waals surface area contributed by atoms with Gasteiger partial charge in [0.05, 0.1) is 32.0 Å². The molecule has 3 fully saturated rings. The second kappa shape index (κ2) is 6.40. The molecule has 2 heterocycles. The lowest BCUT2D eigenvalue weighted by atomic mass is 9.90. The Morgan fingerprint density at radius 1 is 1.30 bits per heavy atom. The van der Waals surface area contributed by atoms with Crippen LogP contribution in [0.25, 0.3) is 0 Å². The maximum absolute atomic E-state index is 12.2. The van der Waals surface area contributed by atoms with E-state index in [0.717, 1.165) is 19.3 Å². The molecule has 3 atom stereocenters. The highest BCUT2D eigenvalue weighted by molar-refractivity contribution is 7.48. The lowest BCUT2D eigenvalue weighted by Gasteiger charge is -2.33. The summed E-state index contributed by atoms with van der Waals surface area (Å²) in [5.74, 6) is 0.418. The molecule has 3 rings (SSSR count). The molecule has 1 saturated carbocycles. The van der Waals surface area contributed by atoms with Gasteiger partial charge in [0.15, 0.2) is 0 Å². The normalized spacial score (nSPS) is 38.0. The summed E-state index contributed by atoms with van der Waals surface area (Å²) in [6.07, 6.45) is 4.08. The number of hydrogen-bond donors (Lipinski definition) is 0. The molecule has 0 aromatic carbocycles. The van der Waals surface area contributed by atoms with E-state index in [9.17, 15) is 4.57 Å². The van der Waals surface area contributed by atoms with Crippen molar-refractivity contribution >= 4 is 7.82 Å². The zero-order valence-electron chi connectivity index (χ0n) is 13.9. The Morgan fingerprint density at radius 3 is 2.55 bits per heavy atom. The molecule has 7 nitrogen and oxygen atoms in total. The molecule has 8 heteroatoms. The molecule has 0 aromatic rings. The molecule has 3 aliphatic rings. The minimum atomic E-state index is -3.31. The van der Waals surface area contributed by atoms with Gasteiger partial charge in [0, 0.05) is 5.41 Å².